The highest BCUT2D eigenvalue weighted by Crippen LogP contribution is 2.21. The maximum absolute atomic E-state index is 11.0. The summed E-state index contributed by atoms with van der Waals surface area (Å²) in [5.74, 6) is -0.860. The van der Waals surface area contributed by atoms with E-state index in [0.29, 0.717) is 5.56 Å². The van der Waals surface area contributed by atoms with Crippen molar-refractivity contribution in [2.75, 3.05) is 0 Å². The van der Waals surface area contributed by atoms with Crippen molar-refractivity contribution < 1.29 is 9.90 Å². The highest BCUT2D eigenvalue weighted by atomic mass is 16.4. The Hall–Kier alpha value is -1.77. The number of carbonyl (C=O) groups is 1. The molecule has 1 heterocycles. The average Bonchev–Trinajstić information content (AvgIpc) is 2.59. The van der Waals surface area contributed by atoms with Crippen molar-refractivity contribution in [3.05, 3.63) is 36.0 Å². The van der Waals surface area contributed by atoms with Crippen molar-refractivity contribution in [2.24, 2.45) is 0 Å². The molecule has 0 radical (unpaired) electrons. The summed E-state index contributed by atoms with van der Waals surface area (Å²) in [6, 6.07) is 7.60. The van der Waals surface area contributed by atoms with E-state index in [1.807, 2.05) is 28.8 Å². The van der Waals surface area contributed by atoms with E-state index in [2.05, 4.69) is 6.92 Å². The van der Waals surface area contributed by atoms with Crippen LogP contribution in [-0.4, -0.2) is 15.6 Å². The molecule has 0 fully saturated rings. The number of nitrogens with zero attached hydrogens (tertiary/aromatic N) is 1. The molecule has 0 aliphatic rings. The van der Waals surface area contributed by atoms with Gasteiger partial charge in [0.25, 0.3) is 0 Å². The number of benzene rings is 1. The van der Waals surface area contributed by atoms with Crippen LogP contribution in [0.5, 0.6) is 0 Å². The number of aryl methyl sites for hydroxylation is 1. The van der Waals surface area contributed by atoms with Gasteiger partial charge in [0.2, 0.25) is 0 Å². The zero-order valence-corrected chi connectivity index (χ0v) is 8.60. The van der Waals surface area contributed by atoms with E-state index in [1.165, 1.54) is 0 Å². The second-order valence-electron chi connectivity index (χ2n) is 3.56. The van der Waals surface area contributed by atoms with E-state index < -0.39 is 5.97 Å². The Balaban J connectivity index is 2.67. The molecule has 15 heavy (non-hydrogen) atoms. The third kappa shape index (κ3) is 1.61. The fourth-order valence-electron chi connectivity index (χ4n) is 1.84. The summed E-state index contributed by atoms with van der Waals surface area (Å²) in [7, 11) is 0. The largest absolute Gasteiger partial charge is 0.478 e. The first kappa shape index (κ1) is 9.77. The molecule has 2 rings (SSSR count). The molecule has 0 aliphatic carbocycles. The number of aromatic carboxylic acids is 1. The van der Waals surface area contributed by atoms with E-state index >= 15 is 0 Å². The van der Waals surface area contributed by atoms with Crippen LogP contribution < -0.4 is 0 Å². The van der Waals surface area contributed by atoms with E-state index in [0.717, 1.165) is 23.9 Å². The molecule has 3 heteroatoms. The third-order valence-corrected chi connectivity index (χ3v) is 2.48. The Morgan fingerprint density at radius 3 is 2.80 bits per heavy atom. The Kier molecular flexibility index (Phi) is 2.46. The maximum atomic E-state index is 11.0. The quantitative estimate of drug-likeness (QED) is 0.833. The number of aromatic nitrogens is 1. The minimum Gasteiger partial charge on any atom is -0.478 e. The Bertz CT molecular complexity index is 499. The first-order chi connectivity index (χ1) is 7.24. The van der Waals surface area contributed by atoms with Crippen molar-refractivity contribution in [3.63, 3.8) is 0 Å². The molecule has 0 aliphatic heterocycles. The number of rotatable bonds is 3. The fourth-order valence-corrected chi connectivity index (χ4v) is 1.84. The summed E-state index contributed by atoms with van der Waals surface area (Å²) in [4.78, 5) is 11.0. The van der Waals surface area contributed by atoms with Gasteiger partial charge in [-0.15, -0.1) is 0 Å². The molecule has 2 aromatic rings. The normalized spacial score (nSPS) is 10.7. The predicted molar refractivity (Wildman–Crippen MR) is 59.2 cm³/mol. The fraction of sp³-hybridized carbons (Fsp3) is 0.250. The van der Waals surface area contributed by atoms with E-state index in [9.17, 15) is 4.79 Å². The van der Waals surface area contributed by atoms with E-state index in [4.69, 9.17) is 5.11 Å². The van der Waals surface area contributed by atoms with Gasteiger partial charge < -0.3 is 9.67 Å². The summed E-state index contributed by atoms with van der Waals surface area (Å²) in [5.41, 5.74) is 1.39. The zero-order chi connectivity index (χ0) is 10.8. The zero-order valence-electron chi connectivity index (χ0n) is 8.60. The number of hydrogen-bond acceptors (Lipinski definition) is 1. The Morgan fingerprint density at radius 2 is 2.13 bits per heavy atom. The molecule has 0 unspecified atom stereocenters. The van der Waals surface area contributed by atoms with Crippen LogP contribution in [0.25, 0.3) is 10.9 Å². The van der Waals surface area contributed by atoms with Crippen LogP contribution in [0.3, 0.4) is 0 Å². The van der Waals surface area contributed by atoms with Crippen LogP contribution in [0, 0.1) is 0 Å². The first-order valence-corrected chi connectivity index (χ1v) is 5.05. The molecule has 0 amide bonds. The van der Waals surface area contributed by atoms with Crippen LogP contribution in [-0.2, 0) is 6.54 Å². The van der Waals surface area contributed by atoms with Crippen LogP contribution >= 0.6 is 0 Å². The van der Waals surface area contributed by atoms with Gasteiger partial charge in [-0.1, -0.05) is 25.1 Å². The van der Waals surface area contributed by atoms with Gasteiger partial charge >= 0.3 is 5.97 Å². The molecule has 1 aromatic carbocycles. The lowest BCUT2D eigenvalue weighted by atomic mass is 10.2. The molecule has 0 saturated heterocycles. The lowest BCUT2D eigenvalue weighted by molar-refractivity contribution is 0.0699. The van der Waals surface area contributed by atoms with Gasteiger partial charge in [0.1, 0.15) is 0 Å². The van der Waals surface area contributed by atoms with Gasteiger partial charge in [0, 0.05) is 23.6 Å². The molecule has 3 nitrogen and oxygen atoms in total. The van der Waals surface area contributed by atoms with E-state index in [-0.39, 0.29) is 0 Å². The topological polar surface area (TPSA) is 42.2 Å². The number of carboxylic acid groups (broad SMARTS) is 1. The summed E-state index contributed by atoms with van der Waals surface area (Å²) in [6.45, 7) is 2.93. The van der Waals surface area contributed by atoms with Crippen LogP contribution in [0.1, 0.15) is 23.7 Å². The summed E-state index contributed by atoms with van der Waals surface area (Å²) in [5, 5.41) is 9.87. The predicted octanol–water partition coefficient (Wildman–Crippen LogP) is 2.75. The van der Waals surface area contributed by atoms with Gasteiger partial charge in [0.05, 0.1) is 5.56 Å². The average molecular weight is 203 g/mol. The molecule has 78 valence electrons. The monoisotopic (exact) mass is 203 g/mol. The van der Waals surface area contributed by atoms with Crippen LogP contribution in [0.4, 0.5) is 0 Å². The number of para-hydroxylation sites is 1. The number of hydrogen-bond donors (Lipinski definition) is 1. The van der Waals surface area contributed by atoms with Crippen molar-refractivity contribution in [3.8, 4) is 0 Å². The second kappa shape index (κ2) is 3.77. The van der Waals surface area contributed by atoms with Gasteiger partial charge in [0.15, 0.2) is 0 Å². The summed E-state index contributed by atoms with van der Waals surface area (Å²) >= 11 is 0. The maximum Gasteiger partial charge on any atom is 0.337 e. The number of fused-ring (bicyclic) bond motifs is 1. The first-order valence-electron chi connectivity index (χ1n) is 5.05. The molecule has 0 saturated carbocycles. The molecule has 0 atom stereocenters. The highest BCUT2D eigenvalue weighted by Gasteiger charge is 2.12. The van der Waals surface area contributed by atoms with Gasteiger partial charge in [-0.2, -0.15) is 0 Å². The molecule has 0 spiro atoms. The smallest absolute Gasteiger partial charge is 0.337 e. The summed E-state index contributed by atoms with van der Waals surface area (Å²) in [6.07, 6.45) is 2.72. The van der Waals surface area contributed by atoms with Crippen molar-refractivity contribution in [1.82, 2.24) is 4.57 Å². The van der Waals surface area contributed by atoms with Gasteiger partial charge in [-0.25, -0.2) is 4.79 Å². The summed E-state index contributed by atoms with van der Waals surface area (Å²) < 4.78 is 2.00. The molecular formula is C12H13NO2. The molecule has 0 bridgehead atoms. The molecular weight excluding hydrogens is 190 g/mol. The Labute approximate surface area is 87.9 Å². The lowest BCUT2D eigenvalue weighted by Crippen LogP contribution is -1.96. The highest BCUT2D eigenvalue weighted by molar-refractivity contribution is 6.03. The standard InChI is InChI=1S/C12H13NO2/c1-2-7-13-8-10(12(14)15)9-5-3-4-6-11(9)13/h3-6,8H,2,7H2,1H3,(H,14,15). The van der Waals surface area contributed by atoms with Crippen LogP contribution in [0.15, 0.2) is 30.5 Å². The Morgan fingerprint density at radius 1 is 1.40 bits per heavy atom. The van der Waals surface area contributed by atoms with Crippen LogP contribution in [0.2, 0.25) is 0 Å². The van der Waals surface area contributed by atoms with Crippen molar-refractivity contribution in [2.45, 2.75) is 19.9 Å². The second-order valence-corrected chi connectivity index (χ2v) is 3.56. The third-order valence-electron chi connectivity index (χ3n) is 2.48. The van der Waals surface area contributed by atoms with Crippen molar-refractivity contribution >= 4 is 16.9 Å². The van der Waals surface area contributed by atoms with E-state index in [1.54, 1.807) is 6.20 Å². The molecule has 1 N–H and O–H groups in total. The SMILES string of the molecule is CCCn1cc(C(=O)O)c2ccccc21. The van der Waals surface area contributed by atoms with Crippen molar-refractivity contribution in [1.29, 1.82) is 0 Å². The minimum atomic E-state index is -0.860. The number of carboxylic acids is 1. The van der Waals surface area contributed by atoms with Gasteiger partial charge in [-0.05, 0) is 12.5 Å². The minimum absolute atomic E-state index is 0.388. The lowest BCUT2D eigenvalue weighted by Gasteiger charge is -2.00. The van der Waals surface area contributed by atoms with Gasteiger partial charge in [-0.3, -0.25) is 0 Å². The molecule has 1 aromatic heterocycles.